The molecule has 10 nitrogen and oxygen atoms in total. The third-order valence-corrected chi connectivity index (χ3v) is 5.34. The number of aromatic nitrogens is 1. The van der Waals surface area contributed by atoms with E-state index in [0.29, 0.717) is 11.3 Å². The van der Waals surface area contributed by atoms with Crippen molar-refractivity contribution >= 4 is 34.8 Å². The number of carbonyl (C=O) groups is 2. The summed E-state index contributed by atoms with van der Waals surface area (Å²) in [6, 6.07) is 10.5. The SMILES string of the molecule is CC(C)(C)OC(=O)N1CC(=O)C(C(=S)N(N)c2ccccc2)=C(N(N)Cc2ccncc2O)C1. The molecule has 2 aromatic rings. The molecule has 0 spiro atoms. The van der Waals surface area contributed by atoms with Crippen LogP contribution in [0.25, 0.3) is 0 Å². The third kappa shape index (κ3) is 5.87. The second-order valence-corrected chi connectivity index (χ2v) is 9.11. The minimum absolute atomic E-state index is 0.0289. The smallest absolute Gasteiger partial charge is 0.411 e. The highest BCUT2D eigenvalue weighted by Gasteiger charge is 2.36. The van der Waals surface area contributed by atoms with Crippen molar-refractivity contribution in [3.8, 4) is 5.75 Å². The number of hydrazine groups is 2. The summed E-state index contributed by atoms with van der Waals surface area (Å²) in [5.41, 5.74) is 0.709. The molecule has 0 fully saturated rings. The Balaban J connectivity index is 2.00. The quantitative estimate of drug-likeness (QED) is 0.329. The fourth-order valence-corrected chi connectivity index (χ4v) is 3.65. The van der Waals surface area contributed by atoms with Crippen LogP contribution in [0.2, 0.25) is 0 Å². The van der Waals surface area contributed by atoms with E-state index in [1.54, 1.807) is 51.1 Å². The lowest BCUT2D eigenvalue weighted by Crippen LogP contribution is -2.51. The van der Waals surface area contributed by atoms with E-state index in [1.807, 2.05) is 6.07 Å². The van der Waals surface area contributed by atoms with Crippen LogP contribution >= 0.6 is 12.2 Å². The second-order valence-electron chi connectivity index (χ2n) is 8.72. The van der Waals surface area contributed by atoms with Gasteiger partial charge in [0.2, 0.25) is 0 Å². The van der Waals surface area contributed by atoms with Crippen LogP contribution in [0.4, 0.5) is 10.5 Å². The molecule has 0 aliphatic carbocycles. The summed E-state index contributed by atoms with van der Waals surface area (Å²) in [6.45, 7) is 4.96. The maximum Gasteiger partial charge on any atom is 0.411 e. The number of amides is 1. The largest absolute Gasteiger partial charge is 0.506 e. The number of para-hydroxylation sites is 1. The van der Waals surface area contributed by atoms with E-state index >= 15 is 0 Å². The number of rotatable bonds is 5. The summed E-state index contributed by atoms with van der Waals surface area (Å²) >= 11 is 5.58. The number of ether oxygens (including phenoxy) is 1. The number of ketones is 1. The van der Waals surface area contributed by atoms with Crippen molar-refractivity contribution in [2.24, 2.45) is 11.7 Å². The Morgan fingerprint density at radius 1 is 1.21 bits per heavy atom. The lowest BCUT2D eigenvalue weighted by Gasteiger charge is -2.36. The molecular weight excluding hydrogens is 456 g/mol. The Hall–Kier alpha value is -3.54. The molecule has 1 aromatic carbocycles. The van der Waals surface area contributed by atoms with Crippen LogP contribution in [0, 0.1) is 0 Å². The van der Waals surface area contributed by atoms with E-state index < -0.39 is 17.5 Å². The van der Waals surface area contributed by atoms with E-state index in [0.717, 1.165) is 0 Å². The first-order valence-corrected chi connectivity index (χ1v) is 10.9. The molecule has 11 heteroatoms. The zero-order valence-electron chi connectivity index (χ0n) is 19.3. The number of carbonyl (C=O) groups excluding carboxylic acids is 2. The topological polar surface area (TPSA) is 138 Å². The highest BCUT2D eigenvalue weighted by atomic mass is 32.1. The van der Waals surface area contributed by atoms with Crippen LogP contribution in [0.5, 0.6) is 5.75 Å². The van der Waals surface area contributed by atoms with Crippen molar-refractivity contribution in [1.29, 1.82) is 0 Å². The molecule has 0 bridgehead atoms. The number of aromatic hydroxyl groups is 1. The maximum absolute atomic E-state index is 13.3. The van der Waals surface area contributed by atoms with Gasteiger partial charge >= 0.3 is 6.09 Å². The molecule has 180 valence electrons. The monoisotopic (exact) mass is 484 g/mol. The molecule has 1 aromatic heterocycles. The van der Waals surface area contributed by atoms with Crippen LogP contribution in [0.15, 0.2) is 60.1 Å². The van der Waals surface area contributed by atoms with Crippen LogP contribution in [-0.2, 0) is 16.1 Å². The summed E-state index contributed by atoms with van der Waals surface area (Å²) in [5, 5.41) is 12.6. The first-order valence-electron chi connectivity index (χ1n) is 10.5. The average Bonchev–Trinajstić information content (AvgIpc) is 2.78. The van der Waals surface area contributed by atoms with Crippen molar-refractivity contribution < 1.29 is 19.4 Å². The molecule has 0 radical (unpaired) electrons. The Kier molecular flexibility index (Phi) is 7.50. The van der Waals surface area contributed by atoms with Gasteiger partial charge in [0.15, 0.2) is 5.78 Å². The van der Waals surface area contributed by atoms with Crippen LogP contribution in [-0.4, -0.2) is 55.6 Å². The second kappa shape index (κ2) is 10.2. The Labute approximate surface area is 203 Å². The normalized spacial score (nSPS) is 14.1. The van der Waals surface area contributed by atoms with Crippen LogP contribution < -0.4 is 16.7 Å². The number of hydrogen-bond donors (Lipinski definition) is 3. The molecule has 1 amide bonds. The number of benzene rings is 1. The number of Topliss-reactive ketones (excluding diaryl/α,β-unsaturated/α-hetero) is 1. The molecule has 0 saturated carbocycles. The van der Waals surface area contributed by atoms with Crippen molar-refractivity contribution in [3.05, 3.63) is 65.6 Å². The molecule has 1 aliphatic heterocycles. The van der Waals surface area contributed by atoms with Gasteiger partial charge in [-0.15, -0.1) is 0 Å². The van der Waals surface area contributed by atoms with Crippen LogP contribution in [0.1, 0.15) is 26.3 Å². The lowest BCUT2D eigenvalue weighted by molar-refractivity contribution is -0.117. The maximum atomic E-state index is 13.3. The predicted molar refractivity (Wildman–Crippen MR) is 131 cm³/mol. The zero-order chi connectivity index (χ0) is 25.0. The van der Waals surface area contributed by atoms with Gasteiger partial charge in [-0.05, 0) is 39.0 Å². The van der Waals surface area contributed by atoms with E-state index in [1.165, 1.54) is 27.3 Å². The molecule has 5 N–H and O–H groups in total. The predicted octanol–water partition coefficient (Wildman–Crippen LogP) is 2.24. The summed E-state index contributed by atoms with van der Waals surface area (Å²) < 4.78 is 5.44. The average molecular weight is 485 g/mol. The first-order chi connectivity index (χ1) is 16.0. The summed E-state index contributed by atoms with van der Waals surface area (Å²) in [7, 11) is 0. The van der Waals surface area contributed by atoms with Gasteiger partial charge in [-0.1, -0.05) is 30.4 Å². The summed E-state index contributed by atoms with van der Waals surface area (Å²) in [6.07, 6.45) is 2.15. The van der Waals surface area contributed by atoms with Gasteiger partial charge in [0.1, 0.15) is 16.3 Å². The van der Waals surface area contributed by atoms with E-state index in [9.17, 15) is 14.7 Å². The van der Waals surface area contributed by atoms with Gasteiger partial charge in [-0.2, -0.15) is 0 Å². The van der Waals surface area contributed by atoms with Gasteiger partial charge in [0.05, 0.1) is 42.8 Å². The van der Waals surface area contributed by atoms with Crippen molar-refractivity contribution in [2.75, 3.05) is 18.1 Å². The number of pyridine rings is 1. The van der Waals surface area contributed by atoms with Gasteiger partial charge in [-0.25, -0.2) is 16.5 Å². The van der Waals surface area contributed by atoms with Crippen molar-refractivity contribution in [2.45, 2.75) is 32.9 Å². The molecule has 2 heterocycles. The van der Waals surface area contributed by atoms with E-state index in [4.69, 9.17) is 28.6 Å². The van der Waals surface area contributed by atoms with Crippen molar-refractivity contribution in [3.63, 3.8) is 0 Å². The molecule has 0 saturated heterocycles. The fraction of sp³-hybridized carbons (Fsp3) is 0.304. The number of thiocarbonyl (C=S) groups is 1. The molecule has 34 heavy (non-hydrogen) atoms. The van der Waals surface area contributed by atoms with Gasteiger partial charge in [-0.3, -0.25) is 19.7 Å². The van der Waals surface area contributed by atoms with Gasteiger partial charge in [0.25, 0.3) is 0 Å². The van der Waals surface area contributed by atoms with E-state index in [-0.39, 0.29) is 41.6 Å². The number of hydrogen-bond acceptors (Lipinski definition) is 9. The summed E-state index contributed by atoms with van der Waals surface area (Å²) in [4.78, 5) is 31.2. The van der Waals surface area contributed by atoms with Crippen LogP contribution in [0.3, 0.4) is 0 Å². The standard InChI is InChI=1S/C23H28N6O4S/c1-23(2,3)33-22(32)27-13-17(28(24)12-15-9-10-26-11-18(15)30)20(19(31)14-27)21(34)29(25)16-7-5-4-6-8-16/h4-11,30H,12-14,24-25H2,1-3H3. The molecule has 0 atom stereocenters. The molecular formula is C23H28N6O4S. The fourth-order valence-electron chi connectivity index (χ4n) is 3.32. The Morgan fingerprint density at radius 2 is 1.88 bits per heavy atom. The number of nitrogens with two attached hydrogens (primary N) is 2. The molecule has 0 unspecified atom stereocenters. The minimum Gasteiger partial charge on any atom is -0.506 e. The first kappa shape index (κ1) is 25.1. The van der Waals surface area contributed by atoms with E-state index in [2.05, 4.69) is 4.98 Å². The Morgan fingerprint density at radius 3 is 2.50 bits per heavy atom. The highest BCUT2D eigenvalue weighted by molar-refractivity contribution is 7.81. The summed E-state index contributed by atoms with van der Waals surface area (Å²) in [5.74, 6) is 12.1. The molecule has 1 aliphatic rings. The Bertz CT molecular complexity index is 1120. The van der Waals surface area contributed by atoms with Gasteiger partial charge < -0.3 is 14.9 Å². The number of anilines is 1. The highest BCUT2D eigenvalue weighted by Crippen LogP contribution is 2.26. The minimum atomic E-state index is -0.744. The lowest BCUT2D eigenvalue weighted by atomic mass is 10.0. The van der Waals surface area contributed by atoms with Crippen molar-refractivity contribution in [1.82, 2.24) is 14.9 Å². The molecule has 3 rings (SSSR count). The zero-order valence-corrected chi connectivity index (χ0v) is 20.1. The van der Waals surface area contributed by atoms with Gasteiger partial charge in [0, 0.05) is 11.8 Å². The number of nitrogens with zero attached hydrogens (tertiary/aromatic N) is 4. The third-order valence-electron chi connectivity index (χ3n) is 4.94.